The molecule has 1 saturated heterocycles. The predicted molar refractivity (Wildman–Crippen MR) is 133 cm³/mol. The van der Waals surface area contributed by atoms with Gasteiger partial charge in [-0.05, 0) is 56.1 Å². The second kappa shape index (κ2) is 10.6. The van der Waals surface area contributed by atoms with Crippen molar-refractivity contribution >= 4 is 41.8 Å². The standard InChI is InChI=1S/C24H32N4O2.HI/c1-3-25-24(27-13-11-17-8-5-4-7-16(17)2)26-12-6-14-28-22(29)20-18-9-10-19(15-18)21(20)23(28)30;/h4-5,7-10,18-21H,3,6,11-15H2,1-2H3,(H2,25,26,27);1H. The van der Waals surface area contributed by atoms with Gasteiger partial charge in [0.2, 0.25) is 11.8 Å². The zero-order chi connectivity index (χ0) is 21.1. The molecule has 31 heavy (non-hydrogen) atoms. The zero-order valence-electron chi connectivity index (χ0n) is 18.3. The quantitative estimate of drug-likeness (QED) is 0.134. The SMILES string of the molecule is CCNC(=NCCCN1C(=O)C2C3C=CC(C3)C2C1=O)NCCc1ccccc1C.I. The Bertz CT molecular complexity index is 839. The van der Waals surface area contributed by atoms with Crippen molar-refractivity contribution in [1.82, 2.24) is 15.5 Å². The first-order valence-corrected chi connectivity index (χ1v) is 11.2. The Labute approximate surface area is 202 Å². The highest BCUT2D eigenvalue weighted by Crippen LogP contribution is 2.52. The van der Waals surface area contributed by atoms with Crippen LogP contribution < -0.4 is 10.6 Å². The highest BCUT2D eigenvalue weighted by atomic mass is 127. The van der Waals surface area contributed by atoms with Gasteiger partial charge in [-0.1, -0.05) is 36.4 Å². The van der Waals surface area contributed by atoms with Crippen LogP contribution in [0.4, 0.5) is 0 Å². The van der Waals surface area contributed by atoms with E-state index in [1.54, 1.807) is 0 Å². The highest BCUT2D eigenvalue weighted by molar-refractivity contribution is 14.0. The smallest absolute Gasteiger partial charge is 0.233 e. The number of carbonyl (C=O) groups excluding carboxylic acids is 2. The first kappa shape index (κ1) is 23.8. The Kier molecular flexibility index (Phi) is 8.13. The van der Waals surface area contributed by atoms with E-state index in [9.17, 15) is 9.59 Å². The summed E-state index contributed by atoms with van der Waals surface area (Å²) in [7, 11) is 0. The topological polar surface area (TPSA) is 73.8 Å². The van der Waals surface area contributed by atoms with Gasteiger partial charge in [-0.2, -0.15) is 0 Å². The summed E-state index contributed by atoms with van der Waals surface area (Å²) in [4.78, 5) is 31.6. The van der Waals surface area contributed by atoms with Crippen LogP contribution in [0.1, 0.15) is 30.9 Å². The second-order valence-electron chi connectivity index (χ2n) is 8.55. The van der Waals surface area contributed by atoms with E-state index in [2.05, 4.69) is 59.0 Å². The fraction of sp³-hybridized carbons (Fsp3) is 0.542. The lowest BCUT2D eigenvalue weighted by Gasteiger charge is -2.17. The number of amides is 2. The van der Waals surface area contributed by atoms with E-state index in [1.165, 1.54) is 16.0 Å². The maximum atomic E-state index is 12.7. The molecule has 1 aromatic carbocycles. The average molecular weight is 536 g/mol. The number of likely N-dealkylation sites (tertiary alicyclic amines) is 1. The van der Waals surface area contributed by atoms with Crippen LogP contribution in [-0.4, -0.2) is 48.9 Å². The van der Waals surface area contributed by atoms with Crippen molar-refractivity contribution in [2.24, 2.45) is 28.7 Å². The summed E-state index contributed by atoms with van der Waals surface area (Å²) in [6, 6.07) is 8.41. The van der Waals surface area contributed by atoms with Crippen molar-refractivity contribution in [2.45, 2.75) is 33.1 Å². The number of aliphatic imine (C=N–C) groups is 1. The van der Waals surface area contributed by atoms with E-state index in [0.29, 0.717) is 19.5 Å². The van der Waals surface area contributed by atoms with Crippen molar-refractivity contribution in [1.29, 1.82) is 0 Å². The van der Waals surface area contributed by atoms with Crippen molar-refractivity contribution in [3.63, 3.8) is 0 Å². The number of hydrogen-bond acceptors (Lipinski definition) is 3. The monoisotopic (exact) mass is 536 g/mol. The molecule has 1 heterocycles. The van der Waals surface area contributed by atoms with Crippen LogP contribution in [0.3, 0.4) is 0 Å². The minimum Gasteiger partial charge on any atom is -0.357 e. The summed E-state index contributed by atoms with van der Waals surface area (Å²) in [6.45, 7) is 6.82. The van der Waals surface area contributed by atoms with E-state index in [-0.39, 0.29) is 59.5 Å². The van der Waals surface area contributed by atoms with Crippen LogP contribution in [0.15, 0.2) is 41.4 Å². The summed E-state index contributed by atoms with van der Waals surface area (Å²) in [5.41, 5.74) is 2.63. The lowest BCUT2D eigenvalue weighted by Crippen LogP contribution is -2.38. The van der Waals surface area contributed by atoms with Crippen LogP contribution in [-0.2, 0) is 16.0 Å². The number of guanidine groups is 1. The molecule has 1 saturated carbocycles. The first-order chi connectivity index (χ1) is 14.6. The molecule has 0 radical (unpaired) electrons. The molecule has 3 aliphatic rings. The molecule has 2 bridgehead atoms. The average Bonchev–Trinajstić information content (AvgIpc) is 3.41. The first-order valence-electron chi connectivity index (χ1n) is 11.2. The van der Waals surface area contributed by atoms with E-state index in [4.69, 9.17) is 0 Å². The van der Waals surface area contributed by atoms with E-state index >= 15 is 0 Å². The van der Waals surface area contributed by atoms with Crippen molar-refractivity contribution in [3.05, 3.63) is 47.5 Å². The fourth-order valence-corrected chi connectivity index (χ4v) is 5.15. The van der Waals surface area contributed by atoms with Crippen LogP contribution in [0.2, 0.25) is 0 Å². The molecule has 1 aliphatic heterocycles. The molecule has 2 amide bonds. The maximum Gasteiger partial charge on any atom is 0.233 e. The van der Waals surface area contributed by atoms with Gasteiger partial charge in [0.15, 0.2) is 5.96 Å². The Hall–Kier alpha value is -1.90. The fourth-order valence-electron chi connectivity index (χ4n) is 5.15. The molecule has 2 fully saturated rings. The van der Waals surface area contributed by atoms with E-state index in [0.717, 1.165) is 31.9 Å². The number of allylic oxidation sites excluding steroid dienone is 2. The van der Waals surface area contributed by atoms with Gasteiger partial charge in [-0.15, -0.1) is 24.0 Å². The highest BCUT2D eigenvalue weighted by Gasteiger charge is 2.58. The number of rotatable bonds is 8. The molecular weight excluding hydrogens is 503 g/mol. The normalized spacial score (nSPS) is 26.3. The maximum absolute atomic E-state index is 12.7. The number of imide groups is 1. The largest absolute Gasteiger partial charge is 0.357 e. The van der Waals surface area contributed by atoms with Crippen molar-refractivity contribution in [3.8, 4) is 0 Å². The molecular formula is C24H33IN4O2. The molecule has 0 spiro atoms. The number of nitrogens with zero attached hydrogens (tertiary/aromatic N) is 2. The van der Waals surface area contributed by atoms with Crippen LogP contribution in [0.25, 0.3) is 0 Å². The molecule has 1 aromatic rings. The van der Waals surface area contributed by atoms with Gasteiger partial charge >= 0.3 is 0 Å². The van der Waals surface area contributed by atoms with Crippen molar-refractivity contribution < 1.29 is 9.59 Å². The Morgan fingerprint density at radius 1 is 1.10 bits per heavy atom. The number of hydrogen-bond donors (Lipinski definition) is 2. The third-order valence-corrected chi connectivity index (χ3v) is 6.66. The van der Waals surface area contributed by atoms with Crippen LogP contribution >= 0.6 is 24.0 Å². The Balaban J connectivity index is 0.00000272. The molecule has 2 N–H and O–H groups in total. The number of benzene rings is 1. The van der Waals surface area contributed by atoms with Gasteiger partial charge in [0.25, 0.3) is 0 Å². The second-order valence-corrected chi connectivity index (χ2v) is 8.55. The summed E-state index contributed by atoms with van der Waals surface area (Å²) in [5.74, 6) is 1.20. The van der Waals surface area contributed by atoms with Gasteiger partial charge in [0.05, 0.1) is 11.8 Å². The lowest BCUT2D eigenvalue weighted by molar-refractivity contribution is -0.140. The molecule has 2 aliphatic carbocycles. The molecule has 168 valence electrons. The third kappa shape index (κ3) is 4.96. The molecule has 7 heteroatoms. The van der Waals surface area contributed by atoms with Crippen LogP contribution in [0.5, 0.6) is 0 Å². The minimum atomic E-state index is -0.101. The lowest BCUT2D eigenvalue weighted by atomic mass is 9.85. The molecule has 0 aromatic heterocycles. The van der Waals surface area contributed by atoms with Gasteiger partial charge in [-0.25, -0.2) is 0 Å². The minimum absolute atomic E-state index is 0. The number of carbonyl (C=O) groups is 2. The third-order valence-electron chi connectivity index (χ3n) is 6.66. The Morgan fingerprint density at radius 2 is 1.77 bits per heavy atom. The van der Waals surface area contributed by atoms with Crippen molar-refractivity contribution in [2.75, 3.05) is 26.2 Å². The van der Waals surface area contributed by atoms with E-state index in [1.807, 2.05) is 6.92 Å². The molecule has 4 rings (SSSR count). The summed E-state index contributed by atoms with van der Waals surface area (Å²) in [5, 5.41) is 6.64. The van der Waals surface area contributed by atoms with Gasteiger partial charge in [-0.3, -0.25) is 19.5 Å². The summed E-state index contributed by atoms with van der Waals surface area (Å²) in [6.07, 6.45) is 6.87. The zero-order valence-corrected chi connectivity index (χ0v) is 20.7. The summed E-state index contributed by atoms with van der Waals surface area (Å²) < 4.78 is 0. The van der Waals surface area contributed by atoms with Crippen LogP contribution in [0, 0.1) is 30.6 Å². The predicted octanol–water partition coefficient (Wildman–Crippen LogP) is 2.91. The molecule has 4 unspecified atom stereocenters. The Morgan fingerprint density at radius 3 is 2.42 bits per heavy atom. The number of nitrogens with one attached hydrogen (secondary N) is 2. The van der Waals surface area contributed by atoms with Gasteiger partial charge in [0.1, 0.15) is 0 Å². The number of fused-ring (bicyclic) bond motifs is 5. The van der Waals surface area contributed by atoms with E-state index < -0.39 is 0 Å². The molecule has 6 nitrogen and oxygen atoms in total. The number of aryl methyl sites for hydroxylation is 1. The van der Waals surface area contributed by atoms with Gasteiger partial charge < -0.3 is 10.6 Å². The number of halogens is 1. The molecule has 4 atom stereocenters. The van der Waals surface area contributed by atoms with Gasteiger partial charge in [0, 0.05) is 26.2 Å². The summed E-state index contributed by atoms with van der Waals surface area (Å²) >= 11 is 0.